The zero-order valence-corrected chi connectivity index (χ0v) is 44.5. The molecular formula is C53H64Cl4N12O3. The average Bonchev–Trinajstić information content (AvgIpc) is 3.80. The summed E-state index contributed by atoms with van der Waals surface area (Å²) in [7, 11) is 0. The highest BCUT2D eigenvalue weighted by atomic mass is 35.5. The summed E-state index contributed by atoms with van der Waals surface area (Å²) in [5.74, 6) is 2.46. The van der Waals surface area contributed by atoms with Crippen LogP contribution in [-0.2, 0) is 4.79 Å². The molecule has 1 saturated carbocycles. The third-order valence-corrected chi connectivity index (χ3v) is 18.3. The standard InChI is InChI=1S/C53H64Cl4N12O3/c1-30-48-50(68(62-30)32(3)41-10-8-38(54)18-43(41)56)60-47(22-58-48)66-27-37(28-66)53(4)20-33(23-67(29-53)40-16-35(17-40)52(71)72)15-45(42-11-9-39(55)19-44(42)57)69-51-49(31(2)63-69)59-21-46(61-51)65-25-36(26-65)34-7-5-12-64(24-34)13-6-14-70/h8-11,18-19,21-22,32-37,40,45,70H,5-7,12-17,20,23-29H2,1-4H3,(H,71,72)/t32-,33?,34+,35?,40?,45-,53-/m1/s1. The Morgan fingerprint density at radius 2 is 1.42 bits per heavy atom. The maximum Gasteiger partial charge on any atom is 0.306 e. The second kappa shape index (κ2) is 20.1. The number of hydrogen-bond acceptors (Lipinski definition) is 12. The Bertz CT molecular complexity index is 2990. The Balaban J connectivity index is 0.861. The zero-order valence-electron chi connectivity index (χ0n) is 41.4. The van der Waals surface area contributed by atoms with E-state index >= 15 is 0 Å². The third-order valence-electron chi connectivity index (χ3n) is 17.1. The van der Waals surface area contributed by atoms with E-state index in [2.05, 4.69) is 38.1 Å². The van der Waals surface area contributed by atoms with Gasteiger partial charge in [0.05, 0.1) is 41.8 Å². The Morgan fingerprint density at radius 3 is 2.04 bits per heavy atom. The fourth-order valence-corrected chi connectivity index (χ4v) is 13.9. The predicted molar refractivity (Wildman–Crippen MR) is 284 cm³/mol. The van der Waals surface area contributed by atoms with E-state index in [1.165, 1.54) is 12.8 Å². The molecule has 15 nitrogen and oxygen atoms in total. The van der Waals surface area contributed by atoms with Crippen molar-refractivity contribution in [1.82, 2.24) is 49.3 Å². The van der Waals surface area contributed by atoms with Gasteiger partial charge in [-0.15, -0.1) is 0 Å². The molecule has 0 radical (unpaired) electrons. The minimum atomic E-state index is -0.708. The van der Waals surface area contributed by atoms with Crippen LogP contribution in [0.2, 0.25) is 20.1 Å². The van der Waals surface area contributed by atoms with Gasteiger partial charge in [-0.25, -0.2) is 29.3 Å². The number of aliphatic hydroxyl groups is 1. The van der Waals surface area contributed by atoms with Gasteiger partial charge < -0.3 is 24.9 Å². The molecule has 1 unspecified atom stereocenters. The number of fused-ring (bicyclic) bond motifs is 2. The minimum absolute atomic E-state index is 0.0882. The lowest BCUT2D eigenvalue weighted by Crippen LogP contribution is -2.62. The van der Waals surface area contributed by atoms with Gasteiger partial charge in [0.15, 0.2) is 11.3 Å². The van der Waals surface area contributed by atoms with Crippen LogP contribution in [0, 0.1) is 48.9 Å². The van der Waals surface area contributed by atoms with Gasteiger partial charge in [-0.05, 0) is 131 Å². The van der Waals surface area contributed by atoms with E-state index in [-0.39, 0.29) is 42.0 Å². The number of aromatic nitrogens is 8. The number of hydrogen-bond donors (Lipinski definition) is 2. The van der Waals surface area contributed by atoms with Crippen molar-refractivity contribution < 1.29 is 15.0 Å². The molecule has 2 aromatic carbocycles. The van der Waals surface area contributed by atoms with Gasteiger partial charge in [0, 0.05) is 91.0 Å². The van der Waals surface area contributed by atoms with E-state index in [1.807, 2.05) is 61.3 Å². The van der Waals surface area contributed by atoms with Gasteiger partial charge in [-0.3, -0.25) is 9.69 Å². The highest BCUT2D eigenvalue weighted by Gasteiger charge is 2.51. The summed E-state index contributed by atoms with van der Waals surface area (Å²) in [6.07, 6.45) is 10.1. The van der Waals surface area contributed by atoms with Crippen LogP contribution in [0.25, 0.3) is 22.3 Å². The first-order valence-corrected chi connectivity index (χ1v) is 27.3. The van der Waals surface area contributed by atoms with E-state index in [0.717, 1.165) is 129 Å². The number of halogens is 4. The monoisotopic (exact) mass is 1060 g/mol. The number of aryl methyl sites for hydroxylation is 2. The van der Waals surface area contributed by atoms with Crippen molar-refractivity contribution in [2.24, 2.45) is 35.0 Å². The highest BCUT2D eigenvalue weighted by molar-refractivity contribution is 6.35. The summed E-state index contributed by atoms with van der Waals surface area (Å²) in [5.41, 5.74) is 6.35. The fourth-order valence-electron chi connectivity index (χ4n) is 12.8. The van der Waals surface area contributed by atoms with E-state index in [0.29, 0.717) is 56.3 Å². The van der Waals surface area contributed by atoms with Crippen molar-refractivity contribution in [3.05, 3.63) is 91.4 Å². The molecule has 2 N–H and O–H groups in total. The van der Waals surface area contributed by atoms with Crippen molar-refractivity contribution in [2.75, 3.05) is 75.3 Å². The minimum Gasteiger partial charge on any atom is -0.481 e. The lowest BCUT2D eigenvalue weighted by Gasteiger charge is -2.57. The summed E-state index contributed by atoms with van der Waals surface area (Å²) in [6, 6.07) is 11.0. The molecule has 11 rings (SSSR count). The van der Waals surface area contributed by atoms with Crippen LogP contribution in [0.3, 0.4) is 0 Å². The van der Waals surface area contributed by atoms with Crippen molar-refractivity contribution in [3.8, 4) is 0 Å². The van der Waals surface area contributed by atoms with Crippen molar-refractivity contribution in [3.63, 3.8) is 0 Å². The quantitative estimate of drug-likeness (QED) is 0.100. The Labute approximate surface area is 440 Å². The zero-order chi connectivity index (χ0) is 50.2. The Morgan fingerprint density at radius 1 is 0.806 bits per heavy atom. The fraction of sp³-hybridized carbons (Fsp3) is 0.566. The molecule has 4 aliphatic heterocycles. The molecule has 5 atom stereocenters. The summed E-state index contributed by atoms with van der Waals surface area (Å²) in [5, 5.41) is 31.8. The SMILES string of the molecule is Cc1nn([C@H](C)c2ccc(Cl)cc2Cl)c2nc(N3CC([C@]4(C)CC(C[C@H](c5ccc(Cl)cc5Cl)n5nc(C)c6ncc(N7CC([C@H]8CCCN(CCCO)C8)C7)nc65)CN(C5CC(C(=O)O)C5)C4)C3)cnc12. The molecule has 5 fully saturated rings. The van der Waals surface area contributed by atoms with Gasteiger partial charge in [-0.1, -0.05) is 65.5 Å². The number of carbonyl (C=O) groups is 1. The number of aliphatic hydroxyl groups excluding tert-OH is 1. The predicted octanol–water partition coefficient (Wildman–Crippen LogP) is 9.64. The number of carboxylic acids is 1. The van der Waals surface area contributed by atoms with Gasteiger partial charge in [-0.2, -0.15) is 10.2 Å². The van der Waals surface area contributed by atoms with E-state index in [1.54, 1.807) is 6.07 Å². The molecule has 1 aliphatic carbocycles. The van der Waals surface area contributed by atoms with Crippen LogP contribution < -0.4 is 9.80 Å². The van der Waals surface area contributed by atoms with Crippen LogP contribution >= 0.6 is 46.4 Å². The third kappa shape index (κ3) is 9.53. The number of anilines is 2. The molecule has 5 aliphatic rings. The highest BCUT2D eigenvalue weighted by Crippen LogP contribution is 2.50. The maximum atomic E-state index is 12.1. The first-order chi connectivity index (χ1) is 34.6. The van der Waals surface area contributed by atoms with Crippen molar-refractivity contribution in [2.45, 2.75) is 90.8 Å². The molecule has 4 aromatic heterocycles. The lowest BCUT2D eigenvalue weighted by molar-refractivity contribution is -0.148. The molecule has 72 heavy (non-hydrogen) atoms. The second-order valence-electron chi connectivity index (χ2n) is 22.0. The van der Waals surface area contributed by atoms with Gasteiger partial charge in [0.2, 0.25) is 0 Å². The first kappa shape index (κ1) is 49.8. The van der Waals surface area contributed by atoms with E-state index < -0.39 is 5.97 Å². The number of nitrogens with zero attached hydrogens (tertiary/aromatic N) is 12. The maximum absolute atomic E-state index is 12.1. The van der Waals surface area contributed by atoms with Crippen molar-refractivity contribution in [1.29, 1.82) is 0 Å². The van der Waals surface area contributed by atoms with Crippen LogP contribution in [0.4, 0.5) is 11.6 Å². The summed E-state index contributed by atoms with van der Waals surface area (Å²) >= 11 is 26.7. The molecule has 4 saturated heterocycles. The molecular weight excluding hydrogens is 994 g/mol. The molecule has 382 valence electrons. The van der Waals surface area contributed by atoms with Crippen LogP contribution in [0.1, 0.15) is 93.4 Å². The number of carboxylic acid groups (broad SMARTS) is 1. The average molecular weight is 1060 g/mol. The van der Waals surface area contributed by atoms with Crippen LogP contribution in [0.5, 0.6) is 0 Å². The molecule has 6 aromatic rings. The number of likely N-dealkylation sites (tertiary alicyclic amines) is 2. The molecule has 0 amide bonds. The molecule has 19 heteroatoms. The number of benzene rings is 2. The van der Waals surface area contributed by atoms with Crippen LogP contribution in [0.15, 0.2) is 48.8 Å². The number of rotatable bonds is 15. The van der Waals surface area contributed by atoms with E-state index in [4.69, 9.17) is 76.5 Å². The summed E-state index contributed by atoms with van der Waals surface area (Å²) in [6.45, 7) is 17.1. The molecule has 0 bridgehead atoms. The van der Waals surface area contributed by atoms with Crippen molar-refractivity contribution >= 4 is 86.3 Å². The summed E-state index contributed by atoms with van der Waals surface area (Å²) < 4.78 is 3.98. The Kier molecular flexibility index (Phi) is 13.9. The smallest absolute Gasteiger partial charge is 0.306 e. The largest absolute Gasteiger partial charge is 0.481 e. The molecule has 8 heterocycles. The first-order valence-electron chi connectivity index (χ1n) is 25.8. The summed E-state index contributed by atoms with van der Waals surface area (Å²) in [4.78, 5) is 42.4. The number of aliphatic carboxylic acids is 1. The normalized spacial score (nSPS) is 25.4. The second-order valence-corrected chi connectivity index (χ2v) is 23.7. The Hall–Kier alpha value is -4.35. The van der Waals surface area contributed by atoms with Gasteiger partial charge >= 0.3 is 5.97 Å². The van der Waals surface area contributed by atoms with Crippen LogP contribution in [-0.4, -0.2) is 137 Å². The molecule has 0 spiro atoms. The lowest BCUT2D eigenvalue weighted by atomic mass is 9.63. The topological polar surface area (TPSA) is 158 Å². The number of piperidine rings is 2. The van der Waals surface area contributed by atoms with Gasteiger partial charge in [0.25, 0.3) is 0 Å². The van der Waals surface area contributed by atoms with Gasteiger partial charge in [0.1, 0.15) is 22.7 Å². The van der Waals surface area contributed by atoms with E-state index in [9.17, 15) is 15.0 Å².